The molecule has 0 aromatic rings. The molecule has 0 atom stereocenters. The van der Waals surface area contributed by atoms with Gasteiger partial charge >= 0.3 is 6.21 Å². The normalized spacial score (nSPS) is 17.3. The zero-order chi connectivity index (χ0) is 8.81. The Kier molecular flexibility index (Phi) is 3.68. The van der Waals surface area contributed by atoms with E-state index in [1.807, 2.05) is 25.7 Å². The molecule has 5 radical (unpaired) electrons. The van der Waals surface area contributed by atoms with Crippen LogP contribution >= 0.6 is 0 Å². The van der Waals surface area contributed by atoms with Gasteiger partial charge in [0.2, 0.25) is 5.78 Å². The maximum atomic E-state index is 10.8. The van der Waals surface area contributed by atoms with Crippen molar-refractivity contribution < 1.29 is 9.58 Å². The number of rotatable bonds is 4. The van der Waals surface area contributed by atoms with E-state index in [1.165, 1.54) is 0 Å². The Morgan fingerprint density at radius 2 is 2.17 bits per heavy atom. The third-order valence-electron chi connectivity index (χ3n) is 1.59. The van der Waals surface area contributed by atoms with Crippen LogP contribution in [0.4, 0.5) is 0 Å². The molecule has 1 aliphatic carbocycles. The van der Waals surface area contributed by atoms with Gasteiger partial charge in [0, 0.05) is 6.42 Å². The van der Waals surface area contributed by atoms with E-state index in [1.54, 1.807) is 0 Å². The quantitative estimate of drug-likeness (QED) is 0.345. The summed E-state index contributed by atoms with van der Waals surface area (Å²) in [6, 6.07) is 0. The van der Waals surface area contributed by atoms with Crippen molar-refractivity contribution in [1.82, 2.24) is 0 Å². The molecule has 0 unspecified atom stereocenters. The summed E-state index contributed by atoms with van der Waals surface area (Å²) in [6.45, 7) is 0. The minimum absolute atomic E-state index is 0.154. The highest BCUT2D eigenvalue weighted by Crippen LogP contribution is 2.26. The van der Waals surface area contributed by atoms with E-state index in [0.29, 0.717) is 12.8 Å². The Balaban J connectivity index is 2.15. The maximum absolute atomic E-state index is 10.8. The number of carbonyl (C=O) groups is 1. The Morgan fingerprint density at radius 1 is 1.50 bits per heavy atom. The van der Waals surface area contributed by atoms with E-state index in [0.717, 1.165) is 12.1 Å². The molecule has 1 fully saturated rings. The van der Waals surface area contributed by atoms with Crippen LogP contribution in [-0.4, -0.2) is 16.8 Å². The van der Waals surface area contributed by atoms with Gasteiger partial charge in [-0.1, -0.05) is 0 Å². The minimum Gasteiger partial charge on any atom is -0.361 e. The Morgan fingerprint density at radius 3 is 2.75 bits per heavy atom. The third kappa shape index (κ3) is 2.97. The summed E-state index contributed by atoms with van der Waals surface area (Å²) in [5.74, 6) is 0.980. The van der Waals surface area contributed by atoms with Crippen LogP contribution in [-0.2, 0) is 4.79 Å². The van der Waals surface area contributed by atoms with Crippen LogP contribution in [0.1, 0.15) is 12.8 Å². The number of hydrogen-bond acceptors (Lipinski definition) is 1. The first kappa shape index (κ1) is 9.14. The molecule has 0 aromatic carbocycles. The molecule has 1 saturated carbocycles. The highest BCUT2D eigenvalue weighted by Gasteiger charge is 2.17. The Bertz CT molecular complexity index is 201. The fraction of sp³-hybridized carbons (Fsp3) is 0.222. The lowest BCUT2D eigenvalue weighted by Gasteiger charge is -2.02. The summed E-state index contributed by atoms with van der Waals surface area (Å²) in [4.78, 5) is 13.5. The van der Waals surface area contributed by atoms with Crippen molar-refractivity contribution in [1.29, 1.82) is 0 Å². The molecule has 0 spiro atoms. The highest BCUT2D eigenvalue weighted by atomic mass is 16.1. The van der Waals surface area contributed by atoms with Crippen molar-refractivity contribution >= 4 is 12.0 Å². The molecule has 0 aliphatic heterocycles. The van der Waals surface area contributed by atoms with Crippen LogP contribution in [0.5, 0.6) is 0 Å². The van der Waals surface area contributed by atoms with Gasteiger partial charge in [-0.15, -0.1) is 0 Å². The molecule has 3 nitrogen and oxygen atoms in total. The van der Waals surface area contributed by atoms with E-state index in [-0.39, 0.29) is 5.78 Å². The average molecular weight is 161 g/mol. The largest absolute Gasteiger partial charge is 0.361 e. The van der Waals surface area contributed by atoms with Crippen LogP contribution in [0, 0.1) is 31.6 Å². The smallest absolute Gasteiger partial charge is 0.323 e. The maximum Gasteiger partial charge on any atom is 0.323 e. The summed E-state index contributed by atoms with van der Waals surface area (Å²) in [5.41, 5.74) is 8.04. The standard InChI is InChI=1S/C9H9N2O/c10-11-7-9(12)6-5-8-3-1-2-4-8/h1-4,7H,5-6H2. The number of hydrogen-bond donors (Lipinski definition) is 0. The summed E-state index contributed by atoms with van der Waals surface area (Å²) in [5, 5.41) is 0. The highest BCUT2D eigenvalue weighted by molar-refractivity contribution is 6.25. The summed E-state index contributed by atoms with van der Waals surface area (Å²) >= 11 is 0. The number of ketones is 1. The SMILES string of the molecule is [N-]=[N+]=CC(=O)CC[C]1[CH][CH][CH][CH]1. The van der Waals surface area contributed by atoms with E-state index in [4.69, 9.17) is 5.53 Å². The molecule has 0 amide bonds. The van der Waals surface area contributed by atoms with Crippen molar-refractivity contribution in [3.05, 3.63) is 37.1 Å². The second-order valence-electron chi connectivity index (χ2n) is 2.50. The Labute approximate surface area is 72.4 Å². The van der Waals surface area contributed by atoms with Crippen molar-refractivity contribution in [2.24, 2.45) is 0 Å². The molecule has 3 heteroatoms. The van der Waals surface area contributed by atoms with Crippen LogP contribution in [0.25, 0.3) is 5.53 Å². The van der Waals surface area contributed by atoms with Crippen LogP contribution in [0.3, 0.4) is 0 Å². The predicted octanol–water partition coefficient (Wildman–Crippen LogP) is 1.04. The average Bonchev–Trinajstić information content (AvgIpc) is 2.53. The van der Waals surface area contributed by atoms with E-state index < -0.39 is 0 Å². The van der Waals surface area contributed by atoms with E-state index in [9.17, 15) is 4.79 Å². The van der Waals surface area contributed by atoms with Gasteiger partial charge in [-0.05, 0) is 38.0 Å². The topological polar surface area (TPSA) is 53.5 Å². The zero-order valence-corrected chi connectivity index (χ0v) is 6.60. The van der Waals surface area contributed by atoms with Gasteiger partial charge < -0.3 is 5.53 Å². The molecule has 1 aliphatic rings. The van der Waals surface area contributed by atoms with Crippen molar-refractivity contribution in [3.63, 3.8) is 0 Å². The predicted molar refractivity (Wildman–Crippen MR) is 44.4 cm³/mol. The van der Waals surface area contributed by atoms with Gasteiger partial charge in [0.25, 0.3) is 0 Å². The lowest BCUT2D eigenvalue weighted by atomic mass is 10.0. The number of carbonyl (C=O) groups excluding carboxylic acids is 1. The van der Waals surface area contributed by atoms with Crippen LogP contribution in [0.2, 0.25) is 0 Å². The van der Waals surface area contributed by atoms with E-state index in [2.05, 4.69) is 4.79 Å². The monoisotopic (exact) mass is 161 g/mol. The summed E-state index contributed by atoms with van der Waals surface area (Å²) < 4.78 is 0. The number of nitrogens with zero attached hydrogens (tertiary/aromatic N) is 2. The lowest BCUT2D eigenvalue weighted by Crippen LogP contribution is -2.02. The second kappa shape index (κ2) is 4.83. The van der Waals surface area contributed by atoms with Crippen molar-refractivity contribution in [3.8, 4) is 0 Å². The summed E-state index contributed by atoms with van der Waals surface area (Å²) in [7, 11) is 0. The lowest BCUT2D eigenvalue weighted by molar-refractivity contribution is -0.116. The van der Waals surface area contributed by atoms with Gasteiger partial charge in [0.15, 0.2) is 0 Å². The molecule has 0 N–H and O–H groups in total. The van der Waals surface area contributed by atoms with Gasteiger partial charge in [0.05, 0.1) is 0 Å². The Hall–Kier alpha value is -0.950. The first-order valence-corrected chi connectivity index (χ1v) is 3.74. The molecule has 61 valence electrons. The molecule has 0 aromatic heterocycles. The fourth-order valence-electron chi connectivity index (χ4n) is 0.977. The molecule has 12 heavy (non-hydrogen) atoms. The van der Waals surface area contributed by atoms with E-state index >= 15 is 0 Å². The summed E-state index contributed by atoms with van der Waals surface area (Å²) in [6.07, 6.45) is 9.82. The van der Waals surface area contributed by atoms with Crippen molar-refractivity contribution in [2.45, 2.75) is 12.8 Å². The first-order chi connectivity index (χ1) is 5.83. The van der Waals surface area contributed by atoms with Gasteiger partial charge in [0.1, 0.15) is 0 Å². The zero-order valence-electron chi connectivity index (χ0n) is 6.60. The van der Waals surface area contributed by atoms with Gasteiger partial charge in [-0.2, -0.15) is 4.79 Å². The number of Topliss-reactive ketones (excluding diaryl/α,β-unsaturated/α-hetero) is 1. The third-order valence-corrected chi connectivity index (χ3v) is 1.59. The van der Waals surface area contributed by atoms with Gasteiger partial charge in [-0.3, -0.25) is 4.79 Å². The molecule has 1 rings (SSSR count). The van der Waals surface area contributed by atoms with Crippen LogP contribution < -0.4 is 0 Å². The molecule has 0 bridgehead atoms. The first-order valence-electron chi connectivity index (χ1n) is 3.74. The molecular formula is C9H9N2O. The van der Waals surface area contributed by atoms with Crippen molar-refractivity contribution in [2.75, 3.05) is 0 Å². The second-order valence-corrected chi connectivity index (χ2v) is 2.50. The van der Waals surface area contributed by atoms with Crippen LogP contribution in [0.15, 0.2) is 0 Å². The minimum atomic E-state index is -0.154. The van der Waals surface area contributed by atoms with Gasteiger partial charge in [-0.25, -0.2) is 0 Å². The fourth-order valence-corrected chi connectivity index (χ4v) is 0.977. The molecular weight excluding hydrogens is 152 g/mol. The molecule has 0 saturated heterocycles. The molecule has 0 heterocycles.